The van der Waals surface area contributed by atoms with Crippen molar-refractivity contribution in [2.75, 3.05) is 5.32 Å². The number of aromatic nitrogens is 2. The van der Waals surface area contributed by atoms with Gasteiger partial charge < -0.3 is 5.32 Å². The molecular formula is C15H13N3O2. The van der Waals surface area contributed by atoms with Gasteiger partial charge in [-0.15, -0.1) is 0 Å². The van der Waals surface area contributed by atoms with E-state index in [9.17, 15) is 9.59 Å². The third-order valence-corrected chi connectivity index (χ3v) is 3.14. The first-order valence-electron chi connectivity index (χ1n) is 6.26. The Bertz CT molecular complexity index is 850. The quantitative estimate of drug-likeness (QED) is 0.677. The van der Waals surface area contributed by atoms with Gasteiger partial charge in [0.1, 0.15) is 0 Å². The molecule has 1 aromatic heterocycles. The molecule has 5 heteroatoms. The molecular weight excluding hydrogens is 254 g/mol. The van der Waals surface area contributed by atoms with Gasteiger partial charge in [-0.2, -0.15) is 0 Å². The average Bonchev–Trinajstić information content (AvgIpc) is 2.50. The number of fused-ring (bicyclic) bond motifs is 1. The Balaban J connectivity index is 1.92. The van der Waals surface area contributed by atoms with E-state index in [1.807, 2.05) is 30.3 Å². The lowest BCUT2D eigenvalue weighted by atomic mass is 10.1. The van der Waals surface area contributed by atoms with Gasteiger partial charge in [0.2, 0.25) is 0 Å². The summed E-state index contributed by atoms with van der Waals surface area (Å²) < 4.78 is 0. The minimum atomic E-state index is -0.303. The van der Waals surface area contributed by atoms with E-state index in [4.69, 9.17) is 0 Å². The van der Waals surface area contributed by atoms with Crippen molar-refractivity contribution in [1.29, 1.82) is 0 Å². The van der Waals surface area contributed by atoms with Crippen LogP contribution in [0.4, 0.5) is 5.69 Å². The first kappa shape index (κ1) is 12.2. The Morgan fingerprint density at radius 1 is 0.850 bits per heavy atom. The summed E-state index contributed by atoms with van der Waals surface area (Å²) in [5, 5.41) is 8.63. The van der Waals surface area contributed by atoms with Crippen LogP contribution in [0.2, 0.25) is 0 Å². The lowest BCUT2D eigenvalue weighted by molar-refractivity contribution is 0.976. The number of aromatic amines is 2. The third-order valence-electron chi connectivity index (χ3n) is 3.14. The van der Waals surface area contributed by atoms with Crippen molar-refractivity contribution in [2.24, 2.45) is 0 Å². The Labute approximate surface area is 114 Å². The van der Waals surface area contributed by atoms with E-state index >= 15 is 0 Å². The number of H-pyrrole nitrogens is 2. The fourth-order valence-electron chi connectivity index (χ4n) is 2.09. The Kier molecular flexibility index (Phi) is 3.09. The predicted octanol–water partition coefficient (Wildman–Crippen LogP) is 1.83. The van der Waals surface area contributed by atoms with Crippen molar-refractivity contribution in [3.8, 4) is 0 Å². The molecule has 3 N–H and O–H groups in total. The zero-order chi connectivity index (χ0) is 13.9. The van der Waals surface area contributed by atoms with Crippen LogP contribution in [0.3, 0.4) is 0 Å². The summed E-state index contributed by atoms with van der Waals surface area (Å²) in [7, 11) is 0. The van der Waals surface area contributed by atoms with E-state index < -0.39 is 0 Å². The van der Waals surface area contributed by atoms with E-state index in [1.165, 1.54) is 0 Å². The Hall–Kier alpha value is -2.82. The summed E-state index contributed by atoms with van der Waals surface area (Å²) in [6, 6.07) is 15.1. The van der Waals surface area contributed by atoms with Gasteiger partial charge in [0.05, 0.1) is 10.8 Å². The standard InChI is InChI=1S/C15H13N3O2/c19-14-12-7-6-11(8-13(12)15(20)18-17-14)16-9-10-4-2-1-3-5-10/h1-8,16H,9H2,(H,17,19)(H,18,20). The highest BCUT2D eigenvalue weighted by molar-refractivity contribution is 5.83. The summed E-state index contributed by atoms with van der Waals surface area (Å²) in [4.78, 5) is 23.3. The van der Waals surface area contributed by atoms with Gasteiger partial charge in [0, 0.05) is 12.2 Å². The van der Waals surface area contributed by atoms with Gasteiger partial charge in [-0.05, 0) is 23.8 Å². The second kappa shape index (κ2) is 5.05. The highest BCUT2D eigenvalue weighted by Gasteiger charge is 2.03. The lowest BCUT2D eigenvalue weighted by Gasteiger charge is -2.07. The van der Waals surface area contributed by atoms with Crippen LogP contribution in [-0.2, 0) is 6.54 Å². The summed E-state index contributed by atoms with van der Waals surface area (Å²) in [5.74, 6) is 0. The van der Waals surface area contributed by atoms with Crippen LogP contribution in [0.5, 0.6) is 0 Å². The Morgan fingerprint density at radius 3 is 2.30 bits per heavy atom. The zero-order valence-electron chi connectivity index (χ0n) is 10.6. The van der Waals surface area contributed by atoms with Crippen LogP contribution in [0, 0.1) is 0 Å². The number of hydrogen-bond acceptors (Lipinski definition) is 3. The zero-order valence-corrected chi connectivity index (χ0v) is 10.6. The van der Waals surface area contributed by atoms with Crippen molar-refractivity contribution in [3.63, 3.8) is 0 Å². The van der Waals surface area contributed by atoms with Gasteiger partial charge in [-0.25, -0.2) is 0 Å². The largest absolute Gasteiger partial charge is 0.381 e. The monoisotopic (exact) mass is 267 g/mol. The average molecular weight is 267 g/mol. The van der Waals surface area contributed by atoms with Crippen LogP contribution in [0.25, 0.3) is 10.8 Å². The van der Waals surface area contributed by atoms with E-state index in [0.717, 1.165) is 11.3 Å². The van der Waals surface area contributed by atoms with Gasteiger partial charge in [-0.1, -0.05) is 30.3 Å². The molecule has 0 bridgehead atoms. The molecule has 0 fully saturated rings. The number of anilines is 1. The number of rotatable bonds is 3. The molecule has 0 spiro atoms. The van der Waals surface area contributed by atoms with Crippen molar-refractivity contribution in [2.45, 2.75) is 6.54 Å². The van der Waals surface area contributed by atoms with Gasteiger partial charge in [0.25, 0.3) is 11.1 Å². The van der Waals surface area contributed by atoms with E-state index in [-0.39, 0.29) is 11.1 Å². The molecule has 0 radical (unpaired) electrons. The van der Waals surface area contributed by atoms with Crippen molar-refractivity contribution >= 4 is 16.5 Å². The van der Waals surface area contributed by atoms with Crippen LogP contribution < -0.4 is 16.4 Å². The Morgan fingerprint density at radius 2 is 1.55 bits per heavy atom. The minimum Gasteiger partial charge on any atom is -0.381 e. The van der Waals surface area contributed by atoms with Gasteiger partial charge >= 0.3 is 0 Å². The fraction of sp³-hybridized carbons (Fsp3) is 0.0667. The van der Waals surface area contributed by atoms with Crippen LogP contribution in [0.1, 0.15) is 5.56 Å². The second-order valence-corrected chi connectivity index (χ2v) is 4.51. The molecule has 0 aliphatic heterocycles. The summed E-state index contributed by atoms with van der Waals surface area (Å²) >= 11 is 0. The molecule has 0 unspecified atom stereocenters. The van der Waals surface area contributed by atoms with E-state index in [1.54, 1.807) is 18.2 Å². The maximum Gasteiger partial charge on any atom is 0.270 e. The number of nitrogens with one attached hydrogen (secondary N) is 3. The molecule has 2 aromatic carbocycles. The fourth-order valence-corrected chi connectivity index (χ4v) is 2.09. The van der Waals surface area contributed by atoms with Gasteiger partial charge in [0.15, 0.2) is 0 Å². The number of benzene rings is 2. The first-order chi connectivity index (χ1) is 9.74. The molecule has 20 heavy (non-hydrogen) atoms. The van der Waals surface area contributed by atoms with Crippen LogP contribution >= 0.6 is 0 Å². The summed E-state index contributed by atoms with van der Waals surface area (Å²) in [5.41, 5.74) is 1.35. The smallest absolute Gasteiger partial charge is 0.270 e. The number of hydrogen-bond donors (Lipinski definition) is 3. The maximum atomic E-state index is 11.7. The molecule has 0 aliphatic rings. The highest BCUT2D eigenvalue weighted by atomic mass is 16.1. The van der Waals surface area contributed by atoms with Crippen molar-refractivity contribution in [3.05, 3.63) is 74.8 Å². The normalized spacial score (nSPS) is 10.6. The molecule has 3 rings (SSSR count). The van der Waals surface area contributed by atoms with Crippen LogP contribution in [0.15, 0.2) is 58.1 Å². The molecule has 0 saturated heterocycles. The molecule has 3 aromatic rings. The highest BCUT2D eigenvalue weighted by Crippen LogP contribution is 2.14. The second-order valence-electron chi connectivity index (χ2n) is 4.51. The molecule has 0 amide bonds. The van der Waals surface area contributed by atoms with Crippen molar-refractivity contribution in [1.82, 2.24) is 10.2 Å². The third kappa shape index (κ3) is 2.33. The molecule has 0 aliphatic carbocycles. The van der Waals surface area contributed by atoms with Crippen molar-refractivity contribution < 1.29 is 0 Å². The minimum absolute atomic E-state index is 0.297. The van der Waals surface area contributed by atoms with E-state index in [0.29, 0.717) is 17.3 Å². The lowest BCUT2D eigenvalue weighted by Crippen LogP contribution is -2.18. The topological polar surface area (TPSA) is 77.8 Å². The first-order valence-corrected chi connectivity index (χ1v) is 6.26. The van der Waals surface area contributed by atoms with E-state index in [2.05, 4.69) is 15.5 Å². The molecule has 0 atom stereocenters. The SMILES string of the molecule is O=c1[nH][nH]c(=O)c2cc(NCc3ccccc3)ccc12. The molecule has 100 valence electrons. The molecule has 0 saturated carbocycles. The van der Waals surface area contributed by atoms with Crippen LogP contribution in [-0.4, -0.2) is 10.2 Å². The predicted molar refractivity (Wildman–Crippen MR) is 79.0 cm³/mol. The maximum absolute atomic E-state index is 11.7. The summed E-state index contributed by atoms with van der Waals surface area (Å²) in [6.07, 6.45) is 0. The van der Waals surface area contributed by atoms with Gasteiger partial charge in [-0.3, -0.25) is 19.8 Å². The summed E-state index contributed by atoms with van der Waals surface area (Å²) in [6.45, 7) is 0.660. The molecule has 1 heterocycles. The molecule has 5 nitrogen and oxygen atoms in total.